The van der Waals surface area contributed by atoms with Crippen LogP contribution < -0.4 is 10.5 Å². The van der Waals surface area contributed by atoms with Crippen molar-refractivity contribution in [3.05, 3.63) is 29.0 Å². The van der Waals surface area contributed by atoms with Crippen molar-refractivity contribution in [2.24, 2.45) is 5.73 Å². The summed E-state index contributed by atoms with van der Waals surface area (Å²) in [5, 5.41) is 7.00. The van der Waals surface area contributed by atoms with E-state index in [1.165, 1.54) is 12.1 Å². The molecule has 0 aliphatic heterocycles. The first-order chi connectivity index (χ1) is 6.59. The van der Waals surface area contributed by atoms with E-state index < -0.39 is 5.82 Å². The van der Waals surface area contributed by atoms with Crippen molar-refractivity contribution in [1.29, 1.82) is 5.41 Å². The molecule has 0 aliphatic carbocycles. The van der Waals surface area contributed by atoms with Crippen molar-refractivity contribution < 1.29 is 9.13 Å². The molecule has 76 valence electrons. The average molecular weight is 217 g/mol. The minimum Gasteiger partial charge on any atom is -0.493 e. The standard InChI is InChI=1S/C9H10ClFN2O/c10-7-2-1-6(5-8(7)11)14-4-3-9(12)13/h1-2,5H,3-4H2,(H3,12,13). The Morgan fingerprint density at radius 1 is 1.57 bits per heavy atom. The van der Waals surface area contributed by atoms with E-state index in [4.69, 9.17) is 27.5 Å². The lowest BCUT2D eigenvalue weighted by Gasteiger charge is -2.05. The maximum atomic E-state index is 12.9. The van der Waals surface area contributed by atoms with Crippen LogP contribution >= 0.6 is 11.6 Å². The molecule has 0 aromatic heterocycles. The molecule has 0 fully saturated rings. The van der Waals surface area contributed by atoms with Crippen LogP contribution in [0.1, 0.15) is 6.42 Å². The van der Waals surface area contributed by atoms with Crippen LogP contribution in [0.25, 0.3) is 0 Å². The third-order valence-electron chi connectivity index (χ3n) is 1.53. The van der Waals surface area contributed by atoms with Gasteiger partial charge in [0.2, 0.25) is 0 Å². The Balaban J connectivity index is 2.51. The van der Waals surface area contributed by atoms with Crippen molar-refractivity contribution in [2.75, 3.05) is 6.61 Å². The summed E-state index contributed by atoms with van der Waals surface area (Å²) in [6, 6.07) is 4.17. The zero-order valence-corrected chi connectivity index (χ0v) is 8.14. The van der Waals surface area contributed by atoms with Crippen molar-refractivity contribution in [3.8, 4) is 5.75 Å². The Kier molecular flexibility index (Phi) is 3.71. The summed E-state index contributed by atoms with van der Waals surface area (Å²) in [4.78, 5) is 0. The number of hydrogen-bond acceptors (Lipinski definition) is 2. The second kappa shape index (κ2) is 4.81. The summed E-state index contributed by atoms with van der Waals surface area (Å²) in [7, 11) is 0. The molecule has 0 saturated heterocycles. The lowest BCUT2D eigenvalue weighted by molar-refractivity contribution is 0.327. The zero-order valence-electron chi connectivity index (χ0n) is 7.39. The minimum absolute atomic E-state index is 0.0411. The van der Waals surface area contributed by atoms with Gasteiger partial charge >= 0.3 is 0 Å². The van der Waals surface area contributed by atoms with Gasteiger partial charge in [-0.15, -0.1) is 0 Å². The molecule has 0 heterocycles. The molecule has 0 atom stereocenters. The molecule has 0 unspecified atom stereocenters. The van der Waals surface area contributed by atoms with Crippen LogP contribution in [0.3, 0.4) is 0 Å². The molecule has 0 bridgehead atoms. The van der Waals surface area contributed by atoms with Gasteiger partial charge in [0.1, 0.15) is 11.6 Å². The monoisotopic (exact) mass is 216 g/mol. The molecule has 3 N–H and O–H groups in total. The normalized spacial score (nSPS) is 9.86. The first-order valence-corrected chi connectivity index (χ1v) is 4.38. The second-order valence-corrected chi connectivity index (χ2v) is 3.11. The Hall–Kier alpha value is -1.29. The van der Waals surface area contributed by atoms with E-state index >= 15 is 0 Å². The third kappa shape index (κ3) is 3.22. The highest BCUT2D eigenvalue weighted by molar-refractivity contribution is 6.30. The number of benzene rings is 1. The predicted octanol–water partition coefficient (Wildman–Crippen LogP) is 2.18. The molecular weight excluding hydrogens is 207 g/mol. The lowest BCUT2D eigenvalue weighted by atomic mass is 10.3. The van der Waals surface area contributed by atoms with Crippen LogP contribution in [0.15, 0.2) is 18.2 Å². The Morgan fingerprint density at radius 3 is 2.86 bits per heavy atom. The van der Waals surface area contributed by atoms with E-state index in [9.17, 15) is 4.39 Å². The molecule has 0 amide bonds. The zero-order chi connectivity index (χ0) is 10.6. The lowest BCUT2D eigenvalue weighted by Crippen LogP contribution is -2.13. The summed E-state index contributed by atoms with van der Waals surface area (Å²) < 4.78 is 18.0. The summed E-state index contributed by atoms with van der Waals surface area (Å²) in [5.41, 5.74) is 5.12. The molecule has 1 aromatic rings. The highest BCUT2D eigenvalue weighted by atomic mass is 35.5. The summed E-state index contributed by atoms with van der Waals surface area (Å²) in [6.07, 6.45) is 0.324. The maximum Gasteiger partial charge on any atom is 0.145 e. The van der Waals surface area contributed by atoms with Crippen molar-refractivity contribution >= 4 is 17.4 Å². The Labute approximate surface area is 86.1 Å². The molecular formula is C9H10ClFN2O. The largest absolute Gasteiger partial charge is 0.493 e. The fourth-order valence-corrected chi connectivity index (χ4v) is 0.963. The molecule has 0 radical (unpaired) electrons. The fraction of sp³-hybridized carbons (Fsp3) is 0.222. The first kappa shape index (κ1) is 10.8. The number of halogens is 2. The van der Waals surface area contributed by atoms with Gasteiger partial charge in [0.25, 0.3) is 0 Å². The second-order valence-electron chi connectivity index (χ2n) is 2.70. The van der Waals surface area contributed by atoms with Gasteiger partial charge in [-0.25, -0.2) is 4.39 Å². The average Bonchev–Trinajstić information content (AvgIpc) is 2.10. The van der Waals surface area contributed by atoms with Gasteiger partial charge in [-0.3, -0.25) is 5.41 Å². The van der Waals surface area contributed by atoms with E-state index in [1.54, 1.807) is 6.07 Å². The third-order valence-corrected chi connectivity index (χ3v) is 1.84. The van der Waals surface area contributed by atoms with E-state index in [0.717, 1.165) is 0 Å². The summed E-state index contributed by atoms with van der Waals surface area (Å²) >= 11 is 5.48. The summed E-state index contributed by atoms with van der Waals surface area (Å²) in [6.45, 7) is 0.260. The molecule has 0 spiro atoms. The van der Waals surface area contributed by atoms with E-state index in [2.05, 4.69) is 0 Å². The van der Waals surface area contributed by atoms with Gasteiger partial charge in [0, 0.05) is 12.5 Å². The molecule has 3 nitrogen and oxygen atoms in total. The number of amidine groups is 1. The van der Waals surface area contributed by atoms with Crippen molar-refractivity contribution in [1.82, 2.24) is 0 Å². The van der Waals surface area contributed by atoms with Gasteiger partial charge < -0.3 is 10.5 Å². The van der Waals surface area contributed by atoms with Crippen molar-refractivity contribution in [3.63, 3.8) is 0 Å². The van der Waals surface area contributed by atoms with Crippen LogP contribution in [0.2, 0.25) is 5.02 Å². The number of rotatable bonds is 4. The highest BCUT2D eigenvalue weighted by Crippen LogP contribution is 2.20. The number of nitrogens with two attached hydrogens (primary N) is 1. The van der Waals surface area contributed by atoms with E-state index in [1.807, 2.05) is 0 Å². The van der Waals surface area contributed by atoms with Crippen LogP contribution in [-0.4, -0.2) is 12.4 Å². The number of ether oxygens (including phenoxy) is 1. The van der Waals surface area contributed by atoms with Crippen LogP contribution in [0.4, 0.5) is 4.39 Å². The number of nitrogens with one attached hydrogen (secondary N) is 1. The van der Waals surface area contributed by atoms with Gasteiger partial charge in [0.15, 0.2) is 0 Å². The minimum atomic E-state index is -0.521. The summed E-state index contributed by atoms with van der Waals surface area (Å²) in [5.74, 6) is -0.0976. The SMILES string of the molecule is N=C(N)CCOc1ccc(Cl)c(F)c1. The molecule has 0 saturated carbocycles. The molecule has 1 aromatic carbocycles. The number of hydrogen-bond donors (Lipinski definition) is 2. The molecule has 5 heteroatoms. The van der Waals surface area contributed by atoms with Crippen LogP contribution in [0.5, 0.6) is 5.75 Å². The van der Waals surface area contributed by atoms with Gasteiger partial charge in [-0.2, -0.15) is 0 Å². The Morgan fingerprint density at radius 2 is 2.29 bits per heavy atom. The topological polar surface area (TPSA) is 59.1 Å². The van der Waals surface area contributed by atoms with Crippen molar-refractivity contribution in [2.45, 2.75) is 6.42 Å². The quantitative estimate of drug-likeness (QED) is 0.599. The Bertz CT molecular complexity index is 344. The van der Waals surface area contributed by atoms with Crippen LogP contribution in [0, 0.1) is 11.2 Å². The van der Waals surface area contributed by atoms with E-state index in [0.29, 0.717) is 12.2 Å². The maximum absolute atomic E-state index is 12.9. The molecule has 0 aliphatic rings. The predicted molar refractivity (Wildman–Crippen MR) is 53.4 cm³/mol. The van der Waals surface area contributed by atoms with Gasteiger partial charge in [-0.05, 0) is 12.1 Å². The van der Waals surface area contributed by atoms with Gasteiger partial charge in [0.05, 0.1) is 17.5 Å². The smallest absolute Gasteiger partial charge is 0.145 e. The highest BCUT2D eigenvalue weighted by Gasteiger charge is 2.01. The van der Waals surface area contributed by atoms with Gasteiger partial charge in [-0.1, -0.05) is 11.6 Å². The first-order valence-electron chi connectivity index (χ1n) is 4.00. The fourth-order valence-electron chi connectivity index (χ4n) is 0.845. The molecule has 14 heavy (non-hydrogen) atoms. The van der Waals surface area contributed by atoms with Crippen LogP contribution in [-0.2, 0) is 0 Å². The van der Waals surface area contributed by atoms with E-state index in [-0.39, 0.29) is 17.5 Å². The molecule has 1 rings (SSSR count).